The third-order valence-corrected chi connectivity index (χ3v) is 6.13. The van der Waals surface area contributed by atoms with Gasteiger partial charge in [0.05, 0.1) is 5.52 Å². The smallest absolute Gasteiger partial charge is 0.248 e. The zero-order valence-electron chi connectivity index (χ0n) is 15.5. The average Bonchev–Trinajstić information content (AvgIpc) is 3.37. The number of carbonyl (C=O) groups excluding carboxylic acids is 1. The molecule has 2 bridgehead atoms. The first-order valence-corrected chi connectivity index (χ1v) is 9.50. The topological polar surface area (TPSA) is 101 Å². The summed E-state index contributed by atoms with van der Waals surface area (Å²) in [5.41, 5.74) is 8.88. The van der Waals surface area contributed by atoms with Crippen molar-refractivity contribution in [1.82, 2.24) is 19.4 Å². The average molecular weight is 372 g/mol. The maximum absolute atomic E-state index is 11.6. The highest BCUT2D eigenvalue weighted by Gasteiger charge is 2.47. The van der Waals surface area contributed by atoms with Crippen LogP contribution in [-0.2, 0) is 0 Å². The van der Waals surface area contributed by atoms with Gasteiger partial charge in [0.25, 0.3) is 0 Å². The standard InChI is InChI=1S/C21H20N6O/c1-12-6-7-24-21(25-12)27-17-4-2-13(20(23)28)8-14(17)9-19(27)16-10-15-3-5-18(16)26(15)11-22/h2,4,6-9,15-16,18H,3,5,10H2,1H3,(H2,23,28). The van der Waals surface area contributed by atoms with Crippen molar-refractivity contribution in [2.24, 2.45) is 5.73 Å². The third-order valence-electron chi connectivity index (χ3n) is 6.13. The van der Waals surface area contributed by atoms with E-state index in [1.807, 2.05) is 30.0 Å². The predicted molar refractivity (Wildman–Crippen MR) is 104 cm³/mol. The summed E-state index contributed by atoms with van der Waals surface area (Å²) in [6, 6.07) is 9.96. The van der Waals surface area contributed by atoms with Crippen molar-refractivity contribution < 1.29 is 4.79 Å². The van der Waals surface area contributed by atoms with E-state index in [-0.39, 0.29) is 12.0 Å². The van der Waals surface area contributed by atoms with Crippen LogP contribution in [0.5, 0.6) is 0 Å². The van der Waals surface area contributed by atoms with Crippen molar-refractivity contribution in [1.29, 1.82) is 5.26 Å². The number of primary amides is 1. The fourth-order valence-electron chi connectivity index (χ4n) is 4.89. The molecule has 5 rings (SSSR count). The second-order valence-corrected chi connectivity index (χ2v) is 7.69. The molecule has 2 N–H and O–H groups in total. The first-order valence-electron chi connectivity index (χ1n) is 9.50. The van der Waals surface area contributed by atoms with E-state index in [4.69, 9.17) is 5.73 Å². The van der Waals surface area contributed by atoms with Gasteiger partial charge in [0.15, 0.2) is 6.19 Å². The third kappa shape index (κ3) is 2.38. The molecule has 7 heteroatoms. The Labute approximate surface area is 162 Å². The van der Waals surface area contributed by atoms with Crippen LogP contribution in [0.2, 0.25) is 0 Å². The molecule has 140 valence electrons. The van der Waals surface area contributed by atoms with Crippen LogP contribution >= 0.6 is 0 Å². The van der Waals surface area contributed by atoms with Gasteiger partial charge in [-0.2, -0.15) is 5.26 Å². The molecular weight excluding hydrogens is 352 g/mol. The van der Waals surface area contributed by atoms with Crippen molar-refractivity contribution in [3.63, 3.8) is 0 Å². The van der Waals surface area contributed by atoms with Crippen molar-refractivity contribution in [2.45, 2.75) is 44.2 Å². The van der Waals surface area contributed by atoms with Gasteiger partial charge in [-0.05, 0) is 56.5 Å². The van der Waals surface area contributed by atoms with Gasteiger partial charge in [-0.1, -0.05) is 0 Å². The largest absolute Gasteiger partial charge is 0.366 e. The van der Waals surface area contributed by atoms with Gasteiger partial charge < -0.3 is 10.6 Å². The summed E-state index contributed by atoms with van der Waals surface area (Å²) in [5.74, 6) is 0.397. The number of nitrogens with zero attached hydrogens (tertiary/aromatic N) is 5. The van der Waals surface area contributed by atoms with Gasteiger partial charge in [0, 0.05) is 46.5 Å². The molecule has 3 unspecified atom stereocenters. The fourth-order valence-corrected chi connectivity index (χ4v) is 4.89. The number of carbonyl (C=O) groups is 1. The van der Waals surface area contributed by atoms with E-state index in [1.165, 1.54) is 0 Å². The molecule has 0 radical (unpaired) electrons. The van der Waals surface area contributed by atoms with Crippen molar-refractivity contribution >= 4 is 16.8 Å². The normalized spacial score (nSPS) is 23.3. The van der Waals surface area contributed by atoms with Gasteiger partial charge in [0.2, 0.25) is 11.9 Å². The second-order valence-electron chi connectivity index (χ2n) is 7.69. The molecule has 0 aliphatic carbocycles. The first kappa shape index (κ1) is 16.8. The van der Waals surface area contributed by atoms with Gasteiger partial charge in [-0.25, -0.2) is 9.97 Å². The van der Waals surface area contributed by atoms with E-state index >= 15 is 0 Å². The molecule has 3 atom stereocenters. The van der Waals surface area contributed by atoms with E-state index in [2.05, 4.69) is 26.8 Å². The van der Waals surface area contributed by atoms with Crippen LogP contribution in [-0.4, -0.2) is 37.4 Å². The van der Waals surface area contributed by atoms with Gasteiger partial charge >= 0.3 is 0 Å². The minimum Gasteiger partial charge on any atom is -0.366 e. The molecule has 2 saturated heterocycles. The lowest BCUT2D eigenvalue weighted by molar-refractivity contribution is 0.100. The quantitative estimate of drug-likeness (QED) is 0.712. The monoisotopic (exact) mass is 372 g/mol. The minimum atomic E-state index is -0.446. The molecular formula is C21H20N6O. The van der Waals surface area contributed by atoms with Crippen molar-refractivity contribution in [3.8, 4) is 12.1 Å². The van der Waals surface area contributed by atoms with Crippen molar-refractivity contribution in [3.05, 3.63) is 53.5 Å². The zero-order valence-corrected chi connectivity index (χ0v) is 15.5. The SMILES string of the molecule is Cc1ccnc(-n2c(C3CC4CCC3N4C#N)cc3cc(C(N)=O)ccc32)n1. The highest BCUT2D eigenvalue weighted by molar-refractivity contribution is 5.97. The number of aryl methyl sites for hydroxylation is 1. The lowest BCUT2D eigenvalue weighted by Crippen LogP contribution is -2.25. The highest BCUT2D eigenvalue weighted by atomic mass is 16.1. The van der Waals surface area contributed by atoms with E-state index in [1.54, 1.807) is 12.3 Å². The molecule has 2 aromatic heterocycles. The molecule has 1 amide bonds. The predicted octanol–water partition coefficient (Wildman–Crippen LogP) is 2.63. The molecule has 7 nitrogen and oxygen atoms in total. The number of hydrogen-bond donors (Lipinski definition) is 1. The Morgan fingerprint density at radius 1 is 1.29 bits per heavy atom. The number of benzene rings is 1. The molecule has 0 saturated carbocycles. The van der Waals surface area contributed by atoms with Crippen LogP contribution < -0.4 is 5.73 Å². The summed E-state index contributed by atoms with van der Waals surface area (Å²) in [4.78, 5) is 22.7. The van der Waals surface area contributed by atoms with E-state index < -0.39 is 5.91 Å². The number of amides is 1. The molecule has 4 heterocycles. The van der Waals surface area contributed by atoms with Crippen LogP contribution in [0, 0.1) is 18.4 Å². The fraction of sp³-hybridized carbons (Fsp3) is 0.333. The van der Waals surface area contributed by atoms with E-state index in [0.29, 0.717) is 17.6 Å². The van der Waals surface area contributed by atoms with Gasteiger partial charge in [-0.3, -0.25) is 9.36 Å². The molecule has 1 aromatic carbocycles. The van der Waals surface area contributed by atoms with Crippen LogP contribution in [0.4, 0.5) is 0 Å². The Morgan fingerprint density at radius 2 is 2.14 bits per heavy atom. The van der Waals surface area contributed by atoms with Gasteiger partial charge in [0.1, 0.15) is 0 Å². The molecule has 28 heavy (non-hydrogen) atoms. The number of hydrogen-bond acceptors (Lipinski definition) is 5. The number of rotatable bonds is 3. The molecule has 0 spiro atoms. The maximum atomic E-state index is 11.6. The lowest BCUT2D eigenvalue weighted by Gasteiger charge is -2.22. The Bertz CT molecular complexity index is 1140. The first-order chi connectivity index (χ1) is 13.6. The number of nitriles is 1. The Morgan fingerprint density at radius 3 is 2.86 bits per heavy atom. The lowest BCUT2D eigenvalue weighted by atomic mass is 9.86. The maximum Gasteiger partial charge on any atom is 0.248 e. The summed E-state index contributed by atoms with van der Waals surface area (Å²) in [6.45, 7) is 1.94. The van der Waals surface area contributed by atoms with Crippen LogP contribution in [0.25, 0.3) is 16.9 Å². The summed E-state index contributed by atoms with van der Waals surface area (Å²) in [6.07, 6.45) is 7.18. The minimum absolute atomic E-state index is 0.207. The van der Waals surface area contributed by atoms with Crippen LogP contribution in [0.1, 0.15) is 46.9 Å². The Hall–Kier alpha value is -3.40. The van der Waals surface area contributed by atoms with E-state index in [9.17, 15) is 10.1 Å². The summed E-state index contributed by atoms with van der Waals surface area (Å²) in [5, 5.41) is 10.5. The van der Waals surface area contributed by atoms with E-state index in [0.717, 1.165) is 41.6 Å². The highest BCUT2D eigenvalue weighted by Crippen LogP contribution is 2.47. The van der Waals surface area contributed by atoms with Crippen molar-refractivity contribution in [2.75, 3.05) is 0 Å². The summed E-state index contributed by atoms with van der Waals surface area (Å²) >= 11 is 0. The molecule has 3 aromatic rings. The Balaban J connectivity index is 1.73. The zero-order chi connectivity index (χ0) is 19.4. The van der Waals surface area contributed by atoms with Gasteiger partial charge in [-0.15, -0.1) is 0 Å². The molecule has 2 fully saturated rings. The number of aromatic nitrogens is 3. The number of fused-ring (bicyclic) bond motifs is 3. The summed E-state index contributed by atoms with van der Waals surface area (Å²) < 4.78 is 2.08. The van der Waals surface area contributed by atoms with Crippen LogP contribution in [0.15, 0.2) is 36.5 Å². The second kappa shape index (κ2) is 6.06. The molecule has 2 aliphatic heterocycles. The molecule has 2 aliphatic rings. The number of nitrogens with two attached hydrogens (primary N) is 1. The summed E-state index contributed by atoms with van der Waals surface area (Å²) in [7, 11) is 0. The Kier molecular flexibility index (Phi) is 3.63. The van der Waals surface area contributed by atoms with Crippen LogP contribution in [0.3, 0.4) is 0 Å².